The van der Waals surface area contributed by atoms with E-state index in [-0.39, 0.29) is 0 Å². The van der Waals surface area contributed by atoms with Crippen molar-refractivity contribution >= 4 is 22.7 Å². The minimum atomic E-state index is 0.690. The van der Waals surface area contributed by atoms with Crippen LogP contribution in [0.15, 0.2) is 12.1 Å². The molecule has 152 valence electrons. The van der Waals surface area contributed by atoms with Crippen LogP contribution in [0.5, 0.6) is 11.5 Å². The van der Waals surface area contributed by atoms with E-state index in [0.29, 0.717) is 11.5 Å². The number of benzene rings is 1. The summed E-state index contributed by atoms with van der Waals surface area (Å²) in [6, 6.07) is 4.61. The molecule has 3 heterocycles. The second-order valence-corrected chi connectivity index (χ2v) is 7.59. The molecule has 0 saturated carbocycles. The smallest absolute Gasteiger partial charge is 0.227 e. The van der Waals surface area contributed by atoms with Crippen molar-refractivity contribution < 1.29 is 9.47 Å². The van der Waals surface area contributed by atoms with Crippen molar-refractivity contribution in [1.82, 2.24) is 14.9 Å². The number of aromatic nitrogens is 2. The number of piperidine rings is 1. The maximum atomic E-state index is 5.48. The average molecular weight is 386 g/mol. The van der Waals surface area contributed by atoms with Crippen LogP contribution in [-0.2, 0) is 0 Å². The second kappa shape index (κ2) is 8.39. The zero-order chi connectivity index (χ0) is 19.5. The highest BCUT2D eigenvalue weighted by Crippen LogP contribution is 2.35. The van der Waals surface area contributed by atoms with Gasteiger partial charge in [-0.15, -0.1) is 0 Å². The summed E-state index contributed by atoms with van der Waals surface area (Å²) in [5, 5.41) is 4.34. The van der Waals surface area contributed by atoms with Crippen molar-refractivity contribution in [3.8, 4) is 11.5 Å². The van der Waals surface area contributed by atoms with Gasteiger partial charge in [0.25, 0.3) is 0 Å². The number of hydrogen-bond donors (Lipinski definition) is 1. The fourth-order valence-corrected chi connectivity index (χ4v) is 4.42. The first-order valence-corrected chi connectivity index (χ1v) is 10.4. The van der Waals surface area contributed by atoms with Crippen molar-refractivity contribution in [1.29, 1.82) is 0 Å². The number of fused-ring (bicyclic) bond motifs is 1. The van der Waals surface area contributed by atoms with Gasteiger partial charge in [-0.05, 0) is 51.8 Å². The Labute approximate surface area is 167 Å². The van der Waals surface area contributed by atoms with Crippen molar-refractivity contribution in [3.05, 3.63) is 12.1 Å². The molecule has 0 aliphatic carbocycles. The second-order valence-electron chi connectivity index (χ2n) is 7.59. The molecule has 0 spiro atoms. The Morgan fingerprint density at radius 1 is 1.00 bits per heavy atom. The standard InChI is InChI=1S/C21H31N5O2/c1-4-22-20-16-13-18(27-2)19(28-3)14-17(16)23-21(24-20)26-11-7-15(8-12-26)25-9-5-6-10-25/h13-15H,4-12H2,1-3H3,(H,22,23,24). The first-order chi connectivity index (χ1) is 13.7. The van der Waals surface area contributed by atoms with Crippen LogP contribution in [0.3, 0.4) is 0 Å². The maximum absolute atomic E-state index is 5.48. The molecule has 2 aliphatic heterocycles. The molecule has 28 heavy (non-hydrogen) atoms. The summed E-state index contributed by atoms with van der Waals surface area (Å²) in [4.78, 5) is 14.7. The van der Waals surface area contributed by atoms with E-state index in [1.165, 1.54) is 38.8 Å². The lowest BCUT2D eigenvalue weighted by Gasteiger charge is -2.36. The quantitative estimate of drug-likeness (QED) is 0.819. The van der Waals surface area contributed by atoms with Gasteiger partial charge in [0.05, 0.1) is 19.7 Å². The molecule has 7 heteroatoms. The van der Waals surface area contributed by atoms with E-state index >= 15 is 0 Å². The lowest BCUT2D eigenvalue weighted by molar-refractivity contribution is 0.207. The van der Waals surface area contributed by atoms with Gasteiger partial charge in [0, 0.05) is 37.1 Å². The topological polar surface area (TPSA) is 62.8 Å². The molecule has 1 N–H and O–H groups in total. The molecule has 0 bridgehead atoms. The van der Waals surface area contributed by atoms with Gasteiger partial charge in [-0.3, -0.25) is 0 Å². The van der Waals surface area contributed by atoms with Crippen LogP contribution in [0.2, 0.25) is 0 Å². The fourth-order valence-electron chi connectivity index (χ4n) is 4.42. The Morgan fingerprint density at radius 3 is 2.32 bits per heavy atom. The Hall–Kier alpha value is -2.28. The van der Waals surface area contributed by atoms with Crippen molar-refractivity contribution in [3.63, 3.8) is 0 Å². The maximum Gasteiger partial charge on any atom is 0.227 e. The molecule has 2 fully saturated rings. The third-order valence-corrected chi connectivity index (χ3v) is 5.94. The Balaban J connectivity index is 1.61. The molecule has 0 unspecified atom stereocenters. The van der Waals surface area contributed by atoms with E-state index in [0.717, 1.165) is 48.3 Å². The molecule has 4 rings (SSSR count). The van der Waals surface area contributed by atoms with E-state index < -0.39 is 0 Å². The SMILES string of the molecule is CCNc1nc(N2CCC(N3CCCC3)CC2)nc2cc(OC)c(OC)cc12. The van der Waals surface area contributed by atoms with E-state index in [1.54, 1.807) is 14.2 Å². The number of hydrogen-bond acceptors (Lipinski definition) is 7. The number of nitrogens with zero attached hydrogens (tertiary/aromatic N) is 4. The van der Waals surface area contributed by atoms with E-state index in [9.17, 15) is 0 Å². The normalized spacial score (nSPS) is 18.6. The molecule has 2 aromatic rings. The first-order valence-electron chi connectivity index (χ1n) is 10.4. The highest BCUT2D eigenvalue weighted by molar-refractivity contribution is 5.92. The van der Waals surface area contributed by atoms with Crippen LogP contribution in [0.4, 0.5) is 11.8 Å². The van der Waals surface area contributed by atoms with Crippen LogP contribution in [-0.4, -0.2) is 67.9 Å². The number of rotatable bonds is 6. The number of anilines is 2. The lowest BCUT2D eigenvalue weighted by atomic mass is 10.0. The Bertz CT molecular complexity index is 814. The van der Waals surface area contributed by atoms with Gasteiger partial charge in [0.1, 0.15) is 5.82 Å². The average Bonchev–Trinajstić information content (AvgIpc) is 3.28. The van der Waals surface area contributed by atoms with Crippen LogP contribution >= 0.6 is 0 Å². The van der Waals surface area contributed by atoms with Crippen molar-refractivity contribution in [2.45, 2.75) is 38.6 Å². The number of methoxy groups -OCH3 is 2. The first kappa shape index (κ1) is 19.1. The van der Waals surface area contributed by atoms with Crippen LogP contribution in [0.1, 0.15) is 32.6 Å². The van der Waals surface area contributed by atoms with Gasteiger partial charge in [0.2, 0.25) is 5.95 Å². The zero-order valence-corrected chi connectivity index (χ0v) is 17.2. The summed E-state index contributed by atoms with van der Waals surface area (Å²) in [5.74, 6) is 3.03. The van der Waals surface area contributed by atoms with Crippen molar-refractivity contribution in [2.75, 3.05) is 57.2 Å². The van der Waals surface area contributed by atoms with Gasteiger partial charge in [-0.1, -0.05) is 0 Å². The van der Waals surface area contributed by atoms with E-state index in [2.05, 4.69) is 22.0 Å². The number of nitrogens with one attached hydrogen (secondary N) is 1. The van der Waals surface area contributed by atoms with Gasteiger partial charge < -0.3 is 24.6 Å². The molecule has 7 nitrogen and oxygen atoms in total. The Morgan fingerprint density at radius 2 is 1.68 bits per heavy atom. The summed E-state index contributed by atoms with van der Waals surface area (Å²) >= 11 is 0. The summed E-state index contributed by atoms with van der Waals surface area (Å²) in [7, 11) is 3.30. The highest BCUT2D eigenvalue weighted by atomic mass is 16.5. The monoisotopic (exact) mass is 385 g/mol. The van der Waals surface area contributed by atoms with Gasteiger partial charge in [-0.25, -0.2) is 4.98 Å². The van der Waals surface area contributed by atoms with Crippen LogP contribution in [0, 0.1) is 0 Å². The number of likely N-dealkylation sites (tertiary alicyclic amines) is 1. The van der Waals surface area contributed by atoms with Gasteiger partial charge in [0.15, 0.2) is 11.5 Å². The summed E-state index contributed by atoms with van der Waals surface area (Å²) in [6.07, 6.45) is 5.07. The molecule has 0 amide bonds. The summed E-state index contributed by atoms with van der Waals surface area (Å²) < 4.78 is 10.9. The predicted octanol–water partition coefficient (Wildman–Crippen LogP) is 3.14. The van der Waals surface area contributed by atoms with Crippen molar-refractivity contribution in [2.24, 2.45) is 0 Å². The predicted molar refractivity (Wildman–Crippen MR) is 113 cm³/mol. The van der Waals surface area contributed by atoms with Gasteiger partial charge in [-0.2, -0.15) is 4.98 Å². The summed E-state index contributed by atoms with van der Waals surface area (Å²) in [5.41, 5.74) is 0.875. The molecular weight excluding hydrogens is 354 g/mol. The third kappa shape index (κ3) is 3.68. The molecule has 2 saturated heterocycles. The fraction of sp³-hybridized carbons (Fsp3) is 0.619. The van der Waals surface area contributed by atoms with E-state index in [1.807, 2.05) is 12.1 Å². The van der Waals surface area contributed by atoms with Crippen LogP contribution < -0.4 is 19.7 Å². The highest BCUT2D eigenvalue weighted by Gasteiger charge is 2.27. The molecule has 0 atom stereocenters. The largest absolute Gasteiger partial charge is 0.493 e. The van der Waals surface area contributed by atoms with Crippen LogP contribution in [0.25, 0.3) is 10.9 Å². The van der Waals surface area contributed by atoms with Gasteiger partial charge >= 0.3 is 0 Å². The zero-order valence-electron chi connectivity index (χ0n) is 17.2. The lowest BCUT2D eigenvalue weighted by Crippen LogP contribution is -2.44. The summed E-state index contributed by atoms with van der Waals surface area (Å²) in [6.45, 7) is 7.43. The van der Waals surface area contributed by atoms with E-state index in [4.69, 9.17) is 19.4 Å². The third-order valence-electron chi connectivity index (χ3n) is 5.94. The molecule has 0 radical (unpaired) electrons. The molecule has 2 aliphatic rings. The number of ether oxygens (including phenoxy) is 2. The minimum absolute atomic E-state index is 0.690. The molecular formula is C21H31N5O2. The Kier molecular flexibility index (Phi) is 5.71. The molecule has 1 aromatic heterocycles. The minimum Gasteiger partial charge on any atom is -0.493 e. The molecule has 1 aromatic carbocycles.